The highest BCUT2D eigenvalue weighted by molar-refractivity contribution is 5.92. The molecule has 0 aliphatic carbocycles. The third-order valence-electron chi connectivity index (χ3n) is 6.92. The van der Waals surface area contributed by atoms with Crippen molar-refractivity contribution in [2.24, 2.45) is 7.05 Å². The highest BCUT2D eigenvalue weighted by Gasteiger charge is 2.35. The van der Waals surface area contributed by atoms with Crippen LogP contribution in [0.5, 0.6) is 5.75 Å². The second-order valence-corrected chi connectivity index (χ2v) is 8.89. The number of aromatic amines is 1. The summed E-state index contributed by atoms with van der Waals surface area (Å²) in [6.07, 6.45) is 5.21. The predicted molar refractivity (Wildman–Crippen MR) is 129 cm³/mol. The van der Waals surface area contributed by atoms with Gasteiger partial charge in [-0.15, -0.1) is 0 Å². The number of anilines is 1. The van der Waals surface area contributed by atoms with Crippen LogP contribution in [0.15, 0.2) is 41.6 Å². The number of nitrogens with one attached hydrogen (secondary N) is 1. The predicted octanol–water partition coefficient (Wildman–Crippen LogP) is 2.87. The quantitative estimate of drug-likeness (QED) is 0.514. The van der Waals surface area contributed by atoms with Crippen LogP contribution >= 0.6 is 0 Å². The lowest BCUT2D eigenvalue weighted by atomic mass is 9.99. The number of hydrogen-bond acceptors (Lipinski definition) is 7. The van der Waals surface area contributed by atoms with Gasteiger partial charge in [0.1, 0.15) is 11.2 Å². The van der Waals surface area contributed by atoms with E-state index in [0.29, 0.717) is 5.75 Å². The summed E-state index contributed by atoms with van der Waals surface area (Å²) < 4.78 is 7.18. The van der Waals surface area contributed by atoms with E-state index in [0.717, 1.165) is 40.8 Å². The second kappa shape index (κ2) is 8.15. The Hall–Kier alpha value is -3.46. The molecule has 33 heavy (non-hydrogen) atoms. The molecule has 1 N–H and O–H groups in total. The molecule has 4 heterocycles. The largest absolute Gasteiger partial charge is 0.490 e. The molecule has 1 aliphatic rings. The van der Waals surface area contributed by atoms with Crippen molar-refractivity contribution in [3.63, 3.8) is 0 Å². The summed E-state index contributed by atoms with van der Waals surface area (Å²) in [6, 6.07) is 6.93. The van der Waals surface area contributed by atoms with Crippen LogP contribution in [-0.4, -0.2) is 61.9 Å². The maximum Gasteiger partial charge on any atom is 0.295 e. The highest BCUT2D eigenvalue weighted by Crippen LogP contribution is 2.37. The Kier molecular flexibility index (Phi) is 5.28. The molecule has 9 nitrogen and oxygen atoms in total. The molecule has 1 fully saturated rings. The SMILES string of the molecule is COc1c(N2C[C@@H](C)N([C@@H](C)c3ccc4nccnc4c3)C[C@@H]2C)c2n[nH]cc2n(C)c1=O. The van der Waals surface area contributed by atoms with Gasteiger partial charge in [0.2, 0.25) is 5.75 Å². The van der Waals surface area contributed by atoms with E-state index in [2.05, 4.69) is 62.9 Å². The van der Waals surface area contributed by atoms with Crippen molar-refractivity contribution in [2.45, 2.75) is 38.9 Å². The number of aromatic nitrogens is 5. The zero-order valence-electron chi connectivity index (χ0n) is 19.6. The van der Waals surface area contributed by atoms with Gasteiger partial charge in [0.25, 0.3) is 5.56 Å². The van der Waals surface area contributed by atoms with Crippen molar-refractivity contribution >= 4 is 27.8 Å². The van der Waals surface area contributed by atoms with Gasteiger partial charge in [-0.1, -0.05) is 6.07 Å². The Morgan fingerprint density at radius 1 is 1.12 bits per heavy atom. The topological polar surface area (TPSA) is 92.2 Å². The van der Waals surface area contributed by atoms with Crippen molar-refractivity contribution < 1.29 is 4.74 Å². The van der Waals surface area contributed by atoms with E-state index < -0.39 is 0 Å². The monoisotopic (exact) mass is 447 g/mol. The summed E-state index contributed by atoms with van der Waals surface area (Å²) in [6.45, 7) is 8.25. The molecule has 172 valence electrons. The summed E-state index contributed by atoms with van der Waals surface area (Å²) in [4.78, 5) is 26.6. The van der Waals surface area contributed by atoms with Crippen molar-refractivity contribution in [2.75, 3.05) is 25.1 Å². The molecule has 3 atom stereocenters. The van der Waals surface area contributed by atoms with Crippen LogP contribution in [-0.2, 0) is 7.05 Å². The van der Waals surface area contributed by atoms with E-state index in [4.69, 9.17) is 4.74 Å². The van der Waals surface area contributed by atoms with Gasteiger partial charge in [0.05, 0.1) is 23.7 Å². The molecule has 9 heteroatoms. The van der Waals surface area contributed by atoms with Crippen molar-refractivity contribution in [3.05, 3.63) is 52.7 Å². The van der Waals surface area contributed by atoms with Gasteiger partial charge in [-0.05, 0) is 38.5 Å². The molecular formula is C24H29N7O2. The van der Waals surface area contributed by atoms with Crippen molar-refractivity contribution in [1.82, 2.24) is 29.6 Å². The van der Waals surface area contributed by atoms with Gasteiger partial charge >= 0.3 is 0 Å². The van der Waals surface area contributed by atoms with Crippen LogP contribution in [0.4, 0.5) is 5.69 Å². The minimum atomic E-state index is -0.158. The van der Waals surface area contributed by atoms with E-state index in [1.165, 1.54) is 5.56 Å². The Morgan fingerprint density at radius 2 is 1.88 bits per heavy atom. The summed E-state index contributed by atoms with van der Waals surface area (Å²) in [7, 11) is 3.29. The van der Waals surface area contributed by atoms with Gasteiger partial charge in [-0.3, -0.25) is 24.8 Å². The fraction of sp³-hybridized carbons (Fsp3) is 0.417. The fourth-order valence-electron chi connectivity index (χ4n) is 5.07. The Balaban J connectivity index is 1.48. The maximum absolute atomic E-state index is 13.0. The Bertz CT molecular complexity index is 1380. The number of aryl methyl sites for hydroxylation is 1. The number of methoxy groups -OCH3 is 1. The highest BCUT2D eigenvalue weighted by atomic mass is 16.5. The van der Waals surface area contributed by atoms with Gasteiger partial charge < -0.3 is 14.2 Å². The second-order valence-electron chi connectivity index (χ2n) is 8.89. The fourth-order valence-corrected chi connectivity index (χ4v) is 5.07. The average Bonchev–Trinajstić information content (AvgIpc) is 3.31. The normalized spacial score (nSPS) is 20.5. The lowest BCUT2D eigenvalue weighted by molar-refractivity contribution is 0.119. The summed E-state index contributed by atoms with van der Waals surface area (Å²) >= 11 is 0. The van der Waals surface area contributed by atoms with Crippen LogP contribution in [0.25, 0.3) is 22.1 Å². The standard InChI is InChI=1S/C24H29N7O2/c1-14-13-31(22-21-20(11-27-28-21)29(4)24(32)23(22)33-5)15(2)12-30(14)16(3)17-6-7-18-19(10-17)26-9-8-25-18/h6-11,14-16H,12-13H2,1-5H3,(H,27,28)/t14-,15+,16+/m1/s1. The van der Waals surface area contributed by atoms with Gasteiger partial charge in [0, 0.05) is 56.9 Å². The van der Waals surface area contributed by atoms with Crippen LogP contribution in [0.1, 0.15) is 32.4 Å². The number of benzene rings is 1. The van der Waals surface area contributed by atoms with Crippen LogP contribution in [0.2, 0.25) is 0 Å². The molecule has 0 saturated carbocycles. The molecule has 1 aliphatic heterocycles. The van der Waals surface area contributed by atoms with Crippen molar-refractivity contribution in [3.8, 4) is 5.75 Å². The van der Waals surface area contributed by atoms with Crippen molar-refractivity contribution in [1.29, 1.82) is 0 Å². The number of pyridine rings is 1. The number of fused-ring (bicyclic) bond motifs is 2. The first-order valence-corrected chi connectivity index (χ1v) is 11.2. The number of nitrogens with zero attached hydrogens (tertiary/aromatic N) is 6. The van der Waals surface area contributed by atoms with E-state index in [9.17, 15) is 4.79 Å². The third kappa shape index (κ3) is 3.43. The van der Waals surface area contributed by atoms with E-state index in [1.54, 1.807) is 37.3 Å². The first-order valence-electron chi connectivity index (χ1n) is 11.2. The molecule has 0 unspecified atom stereocenters. The number of ether oxygens (including phenoxy) is 1. The summed E-state index contributed by atoms with van der Waals surface area (Å²) in [5, 5.41) is 7.37. The maximum atomic E-state index is 13.0. The van der Waals surface area contributed by atoms with E-state index in [-0.39, 0.29) is 23.7 Å². The summed E-state index contributed by atoms with van der Waals surface area (Å²) in [5.41, 5.74) is 5.16. The molecule has 5 rings (SSSR count). The third-order valence-corrected chi connectivity index (χ3v) is 6.92. The molecular weight excluding hydrogens is 418 g/mol. The average molecular weight is 448 g/mol. The van der Waals surface area contributed by atoms with Gasteiger partial charge in [-0.2, -0.15) is 5.10 Å². The number of rotatable bonds is 4. The molecule has 0 radical (unpaired) electrons. The van der Waals surface area contributed by atoms with Crippen LogP contribution < -0.4 is 15.2 Å². The number of piperazine rings is 1. The van der Waals surface area contributed by atoms with E-state index >= 15 is 0 Å². The lowest BCUT2D eigenvalue weighted by Crippen LogP contribution is -2.57. The number of hydrogen-bond donors (Lipinski definition) is 1. The Morgan fingerprint density at radius 3 is 2.64 bits per heavy atom. The number of H-pyrrole nitrogens is 1. The molecule has 1 saturated heterocycles. The first kappa shape index (κ1) is 21.4. The lowest BCUT2D eigenvalue weighted by Gasteiger charge is -2.47. The molecule has 3 aromatic heterocycles. The minimum absolute atomic E-state index is 0.157. The first-order chi connectivity index (χ1) is 15.9. The van der Waals surface area contributed by atoms with Crippen LogP contribution in [0.3, 0.4) is 0 Å². The molecule has 0 spiro atoms. The molecule has 0 amide bonds. The van der Waals surface area contributed by atoms with Gasteiger partial charge in [0.15, 0.2) is 0 Å². The van der Waals surface area contributed by atoms with Crippen LogP contribution in [0, 0.1) is 0 Å². The zero-order chi connectivity index (χ0) is 23.3. The van der Waals surface area contributed by atoms with E-state index in [1.807, 2.05) is 6.07 Å². The zero-order valence-corrected chi connectivity index (χ0v) is 19.6. The minimum Gasteiger partial charge on any atom is -0.490 e. The Labute approximate surface area is 192 Å². The van der Waals surface area contributed by atoms with Gasteiger partial charge in [-0.25, -0.2) is 0 Å². The molecule has 0 bridgehead atoms. The molecule has 1 aromatic carbocycles. The smallest absolute Gasteiger partial charge is 0.295 e. The molecule has 4 aromatic rings. The summed E-state index contributed by atoms with van der Waals surface area (Å²) in [5.74, 6) is 0.339.